The first kappa shape index (κ1) is 23.3. The monoisotopic (exact) mass is 624 g/mol. The summed E-state index contributed by atoms with van der Waals surface area (Å²) in [6.07, 6.45) is 8.56. The van der Waals surface area contributed by atoms with Crippen molar-refractivity contribution in [1.82, 2.24) is 0 Å². The van der Waals surface area contributed by atoms with Gasteiger partial charge in [0.25, 0.3) is 0 Å². The Labute approximate surface area is 206 Å². The van der Waals surface area contributed by atoms with Crippen molar-refractivity contribution in [3.8, 4) is 0 Å². The molecule has 30 heavy (non-hydrogen) atoms. The lowest BCUT2D eigenvalue weighted by Gasteiger charge is -2.22. The first-order chi connectivity index (χ1) is 14.6. The summed E-state index contributed by atoms with van der Waals surface area (Å²) >= 11 is 4.63. The molecule has 3 aromatic carbocycles. The molecule has 0 amide bonds. The molecular formula is C26H26I2O2. The van der Waals surface area contributed by atoms with Crippen molar-refractivity contribution in [2.45, 2.75) is 45.1 Å². The minimum absolute atomic E-state index is 0.0711. The Morgan fingerprint density at radius 3 is 2.50 bits per heavy atom. The zero-order valence-electron chi connectivity index (χ0n) is 17.1. The molecule has 0 N–H and O–H groups in total. The van der Waals surface area contributed by atoms with Gasteiger partial charge in [-0.15, -0.1) is 0 Å². The predicted octanol–water partition coefficient (Wildman–Crippen LogP) is 8.32. The molecule has 1 aliphatic rings. The van der Waals surface area contributed by atoms with Crippen LogP contribution in [0.2, 0.25) is 0 Å². The van der Waals surface area contributed by atoms with Crippen molar-refractivity contribution in [2.75, 3.05) is 0 Å². The number of carbonyl (C=O) groups excluding carboxylic acids is 1. The summed E-state index contributed by atoms with van der Waals surface area (Å²) in [6.45, 7) is 2.13. The molecule has 0 bridgehead atoms. The first-order valence-corrected chi connectivity index (χ1v) is 12.5. The average molecular weight is 624 g/mol. The molecule has 0 saturated carbocycles. The summed E-state index contributed by atoms with van der Waals surface area (Å²) in [7, 11) is 0. The summed E-state index contributed by atoms with van der Waals surface area (Å²) in [5.74, 6) is -0.0711. The van der Waals surface area contributed by atoms with Crippen molar-refractivity contribution >= 4 is 68.0 Å². The zero-order valence-corrected chi connectivity index (χ0v) is 21.4. The van der Waals surface area contributed by atoms with Crippen LogP contribution in [0.15, 0.2) is 66.7 Å². The van der Waals surface area contributed by atoms with Gasteiger partial charge in [-0.3, -0.25) is 4.79 Å². The van der Waals surface area contributed by atoms with Crippen molar-refractivity contribution in [3.63, 3.8) is 0 Å². The lowest BCUT2D eigenvalue weighted by Crippen LogP contribution is -2.13. The Balaban J connectivity index is 0.000000196. The molecule has 4 rings (SSSR count). The van der Waals surface area contributed by atoms with E-state index in [2.05, 4.69) is 125 Å². The van der Waals surface area contributed by atoms with Gasteiger partial charge in [-0.1, -0.05) is 68.3 Å². The quantitative estimate of drug-likeness (QED) is 0.162. The third-order valence-electron chi connectivity index (χ3n) is 5.01. The Morgan fingerprint density at radius 2 is 1.70 bits per heavy atom. The molecule has 1 atom stereocenters. The number of halogens is 2. The van der Waals surface area contributed by atoms with Gasteiger partial charge >= 0.3 is 5.97 Å². The van der Waals surface area contributed by atoms with Gasteiger partial charge in [0.2, 0.25) is 0 Å². The molecule has 156 valence electrons. The van der Waals surface area contributed by atoms with Gasteiger partial charge in [0.15, 0.2) is 0 Å². The lowest BCUT2D eigenvalue weighted by atomic mass is 9.95. The minimum Gasteiger partial charge on any atom is -0.457 e. The molecule has 1 unspecified atom stereocenters. The highest BCUT2D eigenvalue weighted by Gasteiger charge is 2.20. The van der Waals surface area contributed by atoms with E-state index in [1.54, 1.807) is 0 Å². The van der Waals surface area contributed by atoms with E-state index in [-0.39, 0.29) is 12.1 Å². The minimum atomic E-state index is -0.105. The number of esters is 1. The molecule has 0 spiro atoms. The van der Waals surface area contributed by atoms with Gasteiger partial charge in [0, 0.05) is 25.5 Å². The van der Waals surface area contributed by atoms with Gasteiger partial charge in [-0.2, -0.15) is 0 Å². The van der Waals surface area contributed by atoms with Crippen LogP contribution >= 0.6 is 45.2 Å². The predicted molar refractivity (Wildman–Crippen MR) is 142 cm³/mol. The van der Waals surface area contributed by atoms with E-state index in [0.717, 1.165) is 31.2 Å². The molecule has 0 saturated heterocycles. The van der Waals surface area contributed by atoms with Gasteiger partial charge in [-0.05, 0) is 92.2 Å². The average Bonchev–Trinajstić information content (AvgIpc) is 2.74. The Kier molecular flexibility index (Phi) is 9.18. The van der Waals surface area contributed by atoms with Gasteiger partial charge in [-0.25, -0.2) is 0 Å². The highest BCUT2D eigenvalue weighted by molar-refractivity contribution is 14.1. The van der Waals surface area contributed by atoms with Crippen LogP contribution in [0.1, 0.15) is 56.3 Å². The fourth-order valence-electron chi connectivity index (χ4n) is 3.44. The van der Waals surface area contributed by atoms with Crippen LogP contribution in [-0.4, -0.2) is 5.97 Å². The van der Waals surface area contributed by atoms with E-state index < -0.39 is 0 Å². The maximum absolute atomic E-state index is 11.8. The van der Waals surface area contributed by atoms with Crippen molar-refractivity contribution in [1.29, 1.82) is 0 Å². The van der Waals surface area contributed by atoms with Crippen LogP contribution in [0, 0.1) is 7.14 Å². The summed E-state index contributed by atoms with van der Waals surface area (Å²) in [4.78, 5) is 11.8. The fraction of sp³-hybridized carbons (Fsp3) is 0.269. The third-order valence-corrected chi connectivity index (χ3v) is 6.35. The van der Waals surface area contributed by atoms with E-state index >= 15 is 0 Å². The number of unbranched alkanes of at least 4 members (excludes halogenated alkanes) is 2. The molecule has 1 aliphatic carbocycles. The maximum atomic E-state index is 11.8. The van der Waals surface area contributed by atoms with Crippen molar-refractivity contribution in [3.05, 3.63) is 85.0 Å². The lowest BCUT2D eigenvalue weighted by molar-refractivity contribution is -0.149. The summed E-state index contributed by atoms with van der Waals surface area (Å²) < 4.78 is 8.11. The highest BCUT2D eigenvalue weighted by Crippen LogP contribution is 2.32. The fourth-order valence-corrected chi connectivity index (χ4v) is 4.47. The Hall–Kier alpha value is -1.41. The molecule has 0 heterocycles. The molecule has 0 radical (unpaired) electrons. The van der Waals surface area contributed by atoms with Gasteiger partial charge in [0.05, 0.1) is 0 Å². The number of benzene rings is 3. The summed E-state index contributed by atoms with van der Waals surface area (Å²) in [5.41, 5.74) is 2.30. The normalized spacial score (nSPS) is 14.6. The Bertz CT molecular complexity index is 1030. The molecule has 3 aromatic rings. The third kappa shape index (κ3) is 6.80. The highest BCUT2D eigenvalue weighted by atomic mass is 127. The molecule has 0 aromatic heterocycles. The van der Waals surface area contributed by atoms with E-state index in [1.165, 1.54) is 23.5 Å². The number of hydrogen-bond acceptors (Lipinski definition) is 2. The molecule has 0 fully saturated rings. The second-order valence-electron chi connectivity index (χ2n) is 7.34. The van der Waals surface area contributed by atoms with Crippen molar-refractivity contribution < 1.29 is 9.53 Å². The van der Waals surface area contributed by atoms with E-state index in [0.29, 0.717) is 6.42 Å². The number of carbonyl (C=O) groups is 1. The second-order valence-corrected chi connectivity index (χ2v) is 9.83. The van der Waals surface area contributed by atoms with Gasteiger partial charge in [0.1, 0.15) is 6.10 Å². The molecular weight excluding hydrogens is 598 g/mol. The van der Waals surface area contributed by atoms with Crippen LogP contribution in [0.25, 0.3) is 16.8 Å². The van der Waals surface area contributed by atoms with Crippen LogP contribution in [0.3, 0.4) is 0 Å². The maximum Gasteiger partial charge on any atom is 0.306 e. The number of hydrogen-bond donors (Lipinski definition) is 0. The van der Waals surface area contributed by atoms with E-state index in [9.17, 15) is 4.79 Å². The SMILES string of the molecule is CCCCCC(=O)OC1CC=Cc2cc(I)ccc21.Ic1ccc2ccccc2c1. The van der Waals surface area contributed by atoms with E-state index in [1.807, 2.05) is 0 Å². The zero-order chi connectivity index (χ0) is 21.3. The van der Waals surface area contributed by atoms with Crippen LogP contribution in [-0.2, 0) is 9.53 Å². The molecule has 2 nitrogen and oxygen atoms in total. The molecule has 0 aliphatic heterocycles. The van der Waals surface area contributed by atoms with Crippen LogP contribution in [0.5, 0.6) is 0 Å². The summed E-state index contributed by atoms with van der Waals surface area (Å²) in [6, 6.07) is 21.1. The van der Waals surface area contributed by atoms with Crippen LogP contribution < -0.4 is 0 Å². The van der Waals surface area contributed by atoms with Gasteiger partial charge < -0.3 is 4.74 Å². The number of fused-ring (bicyclic) bond motifs is 2. The standard InChI is InChI=1S/C16H19IO2.C10H7I/c1-2-3-4-8-16(18)19-15-7-5-6-12-11-13(17)9-10-14(12)15;11-10-6-5-8-3-1-2-4-9(8)7-10/h5-6,9-11,15H,2-4,7-8H2,1H3;1-7H. The number of ether oxygens (including phenoxy) is 1. The second kappa shape index (κ2) is 11.8. The number of rotatable bonds is 5. The topological polar surface area (TPSA) is 26.3 Å². The van der Waals surface area contributed by atoms with Crippen LogP contribution in [0.4, 0.5) is 0 Å². The molecule has 4 heteroatoms. The van der Waals surface area contributed by atoms with Crippen molar-refractivity contribution in [2.24, 2.45) is 0 Å². The Morgan fingerprint density at radius 1 is 0.967 bits per heavy atom. The summed E-state index contributed by atoms with van der Waals surface area (Å²) in [5, 5.41) is 2.63. The first-order valence-electron chi connectivity index (χ1n) is 10.4. The largest absolute Gasteiger partial charge is 0.457 e. The smallest absolute Gasteiger partial charge is 0.306 e. The van der Waals surface area contributed by atoms with E-state index in [4.69, 9.17) is 4.74 Å².